The zero-order chi connectivity index (χ0) is 27.5. The molecule has 9 heteroatoms. The van der Waals surface area contributed by atoms with Gasteiger partial charge in [0.15, 0.2) is 0 Å². The van der Waals surface area contributed by atoms with E-state index < -0.39 is 0 Å². The van der Waals surface area contributed by atoms with Crippen molar-refractivity contribution in [1.29, 1.82) is 0 Å². The Morgan fingerprint density at radius 2 is 1.73 bits per heavy atom. The molecule has 4 heterocycles. The maximum atomic E-state index is 12.8. The molecule has 2 aromatic carbocycles. The first-order valence-corrected chi connectivity index (χ1v) is 13.4. The number of carbonyl (C=O) groups excluding carboxylic acids is 1. The highest BCUT2D eigenvalue weighted by Crippen LogP contribution is 2.29. The number of hydrogen-bond acceptors (Lipinski definition) is 7. The number of carbonyl (C=O) groups is 1. The molecule has 0 radical (unpaired) electrons. The van der Waals surface area contributed by atoms with Gasteiger partial charge >= 0.3 is 0 Å². The van der Waals surface area contributed by atoms with E-state index >= 15 is 0 Å². The maximum absolute atomic E-state index is 12.8. The first-order valence-electron chi connectivity index (χ1n) is 13.4. The highest BCUT2D eigenvalue weighted by molar-refractivity contribution is 5.92. The zero-order valence-corrected chi connectivity index (χ0v) is 22.5. The third-order valence-corrected chi connectivity index (χ3v) is 7.24. The Hall–Kier alpha value is -4.76. The Labute approximate surface area is 235 Å². The molecule has 206 valence electrons. The summed E-state index contributed by atoms with van der Waals surface area (Å²) >= 11 is 0. The number of hydrogen-bond donors (Lipinski definition) is 2. The van der Waals surface area contributed by atoms with Gasteiger partial charge in [-0.05, 0) is 86.6 Å². The largest absolute Gasteiger partial charge is 0.457 e. The summed E-state index contributed by atoms with van der Waals surface area (Å²) in [6.45, 7) is 1.96. The molecule has 0 unspecified atom stereocenters. The van der Waals surface area contributed by atoms with E-state index in [1.165, 1.54) is 0 Å². The van der Waals surface area contributed by atoms with E-state index in [1.54, 1.807) is 30.7 Å². The summed E-state index contributed by atoms with van der Waals surface area (Å²) in [5.41, 5.74) is 5.24. The molecule has 1 aliphatic heterocycles. The maximum Gasteiger partial charge on any atom is 0.270 e. The molecule has 1 amide bonds. The van der Waals surface area contributed by atoms with Gasteiger partial charge in [-0.1, -0.05) is 12.1 Å². The number of ether oxygens (including phenoxy) is 1. The van der Waals surface area contributed by atoms with Crippen LogP contribution in [0.15, 0.2) is 85.3 Å². The molecule has 9 nitrogen and oxygen atoms in total. The summed E-state index contributed by atoms with van der Waals surface area (Å²) in [5.74, 6) is 1.72. The molecule has 40 heavy (non-hydrogen) atoms. The Morgan fingerprint density at radius 1 is 0.925 bits per heavy atom. The summed E-state index contributed by atoms with van der Waals surface area (Å²) in [7, 11) is 4.08. The van der Waals surface area contributed by atoms with Crippen LogP contribution in [0.1, 0.15) is 26.2 Å². The zero-order valence-electron chi connectivity index (χ0n) is 22.5. The van der Waals surface area contributed by atoms with Crippen LogP contribution in [0.5, 0.6) is 11.5 Å². The first kappa shape index (κ1) is 25.5. The number of aromatic nitrogens is 4. The fourth-order valence-corrected chi connectivity index (χ4v) is 4.95. The van der Waals surface area contributed by atoms with Gasteiger partial charge in [-0.2, -0.15) is 0 Å². The molecule has 0 spiro atoms. The van der Waals surface area contributed by atoms with Crippen LogP contribution >= 0.6 is 0 Å². The lowest BCUT2D eigenvalue weighted by atomic mass is 10.1. The summed E-state index contributed by atoms with van der Waals surface area (Å²) in [5, 5.41) is 6.54. The number of rotatable bonds is 7. The van der Waals surface area contributed by atoms with Crippen LogP contribution in [-0.4, -0.2) is 56.5 Å². The molecule has 1 fully saturated rings. The smallest absolute Gasteiger partial charge is 0.270 e. The number of amides is 1. The number of benzene rings is 2. The molecule has 0 saturated carbocycles. The van der Waals surface area contributed by atoms with Gasteiger partial charge in [0.2, 0.25) is 5.95 Å². The van der Waals surface area contributed by atoms with Crippen molar-refractivity contribution in [1.82, 2.24) is 29.7 Å². The highest BCUT2D eigenvalue weighted by Gasteiger charge is 2.20. The van der Waals surface area contributed by atoms with Crippen LogP contribution in [0.3, 0.4) is 0 Å². The number of imidazole rings is 1. The minimum absolute atomic E-state index is 0. The van der Waals surface area contributed by atoms with Crippen molar-refractivity contribution in [2.24, 2.45) is 7.05 Å². The Kier molecular flexibility index (Phi) is 7.11. The lowest BCUT2D eigenvalue weighted by Gasteiger charge is -2.29. The second kappa shape index (κ2) is 11.2. The molecule has 0 atom stereocenters. The normalized spacial score (nSPS) is 14.2. The standard InChI is InChI=1S/C31H31N7O2.2H2/c1-37-16-11-23(12-17-37)34-30(39)28-20-26(10-15-33-28)40-25-6-7-29-27(19-25)36-31(38(29)2)35-24-5-3-4-22(18-24)21-8-13-32-14-9-21;;/h3-10,13-15,18-20,23H,11-12,16-17H2,1-2H3,(H,34,39)(H,35,36);2*1H. The monoisotopic (exact) mass is 537 g/mol. The number of nitrogens with one attached hydrogen (secondary N) is 2. The van der Waals surface area contributed by atoms with Crippen LogP contribution in [0, 0.1) is 0 Å². The fraction of sp³-hybridized carbons (Fsp3) is 0.226. The molecule has 1 aliphatic rings. The van der Waals surface area contributed by atoms with Gasteiger partial charge in [0.1, 0.15) is 17.2 Å². The van der Waals surface area contributed by atoms with Crippen molar-refractivity contribution in [2.45, 2.75) is 18.9 Å². The van der Waals surface area contributed by atoms with Gasteiger partial charge in [0.05, 0.1) is 11.0 Å². The van der Waals surface area contributed by atoms with Crippen molar-refractivity contribution in [2.75, 3.05) is 25.5 Å². The molecule has 1 saturated heterocycles. The van der Waals surface area contributed by atoms with Gasteiger partial charge in [0, 0.05) is 52.4 Å². The number of fused-ring (bicyclic) bond motifs is 1. The van der Waals surface area contributed by atoms with E-state index in [4.69, 9.17) is 9.72 Å². The third-order valence-electron chi connectivity index (χ3n) is 7.24. The number of anilines is 2. The van der Waals surface area contributed by atoms with Crippen molar-refractivity contribution >= 4 is 28.6 Å². The first-order chi connectivity index (χ1) is 19.5. The Bertz CT molecular complexity index is 1650. The molecular weight excluding hydrogens is 502 g/mol. The molecule has 2 N–H and O–H groups in total. The van der Waals surface area contributed by atoms with Crippen LogP contribution in [0.25, 0.3) is 22.2 Å². The molecule has 0 aliphatic carbocycles. The molecule has 5 aromatic rings. The fourth-order valence-electron chi connectivity index (χ4n) is 4.95. The minimum atomic E-state index is -0.177. The molecule has 3 aromatic heterocycles. The lowest BCUT2D eigenvalue weighted by molar-refractivity contribution is 0.0911. The summed E-state index contributed by atoms with van der Waals surface area (Å²) < 4.78 is 8.12. The predicted molar refractivity (Wildman–Crippen MR) is 160 cm³/mol. The number of likely N-dealkylation sites (tertiary alicyclic amines) is 1. The third kappa shape index (κ3) is 5.64. The second-order valence-corrected chi connectivity index (χ2v) is 10.1. The van der Waals surface area contributed by atoms with Crippen LogP contribution in [0.2, 0.25) is 0 Å². The van der Waals surface area contributed by atoms with Crippen molar-refractivity contribution < 1.29 is 12.4 Å². The van der Waals surface area contributed by atoms with Crippen molar-refractivity contribution in [3.63, 3.8) is 0 Å². The summed E-state index contributed by atoms with van der Waals surface area (Å²) in [6, 6.07) is 21.5. The van der Waals surface area contributed by atoms with Gasteiger partial charge in [0.25, 0.3) is 5.91 Å². The number of aryl methyl sites for hydroxylation is 1. The minimum Gasteiger partial charge on any atom is -0.457 e. The van der Waals surface area contributed by atoms with Gasteiger partial charge < -0.3 is 24.8 Å². The van der Waals surface area contributed by atoms with E-state index in [0.717, 1.165) is 59.7 Å². The average Bonchev–Trinajstić information content (AvgIpc) is 3.29. The van der Waals surface area contributed by atoms with Crippen molar-refractivity contribution in [3.8, 4) is 22.6 Å². The second-order valence-electron chi connectivity index (χ2n) is 10.1. The molecule has 6 rings (SSSR count). The quantitative estimate of drug-likeness (QED) is 0.267. The van der Waals surface area contributed by atoms with Crippen LogP contribution in [-0.2, 0) is 7.05 Å². The Balaban J connectivity index is 0.00000202. The van der Waals surface area contributed by atoms with E-state index in [9.17, 15) is 4.79 Å². The summed E-state index contributed by atoms with van der Waals surface area (Å²) in [4.78, 5) is 28.2. The van der Waals surface area contributed by atoms with E-state index in [-0.39, 0.29) is 14.8 Å². The van der Waals surface area contributed by atoms with Gasteiger partial charge in [-0.3, -0.25) is 14.8 Å². The van der Waals surface area contributed by atoms with E-state index in [0.29, 0.717) is 17.2 Å². The van der Waals surface area contributed by atoms with Crippen LogP contribution in [0.4, 0.5) is 11.6 Å². The predicted octanol–water partition coefficient (Wildman–Crippen LogP) is 5.88. The van der Waals surface area contributed by atoms with E-state index in [1.807, 2.05) is 54.1 Å². The van der Waals surface area contributed by atoms with Gasteiger partial charge in [-0.15, -0.1) is 0 Å². The van der Waals surface area contributed by atoms with Crippen molar-refractivity contribution in [3.05, 3.63) is 91.0 Å². The number of nitrogens with zero attached hydrogens (tertiary/aromatic N) is 5. The van der Waals surface area contributed by atoms with Gasteiger partial charge in [-0.25, -0.2) is 4.98 Å². The number of piperidine rings is 1. The number of pyridine rings is 2. The highest BCUT2D eigenvalue weighted by atomic mass is 16.5. The van der Waals surface area contributed by atoms with Crippen LogP contribution < -0.4 is 15.4 Å². The summed E-state index contributed by atoms with van der Waals surface area (Å²) in [6.07, 6.45) is 7.06. The molecular formula is C31H35N7O2. The molecule has 0 bridgehead atoms. The lowest BCUT2D eigenvalue weighted by Crippen LogP contribution is -2.43. The Morgan fingerprint density at radius 3 is 2.55 bits per heavy atom. The van der Waals surface area contributed by atoms with E-state index in [2.05, 4.69) is 44.7 Å². The SMILES string of the molecule is CN1CCC(NC(=O)c2cc(Oc3ccc4c(c3)nc(Nc3cccc(-c5ccncc5)c3)n4C)ccn2)CC1.[HH].[HH]. The topological polar surface area (TPSA) is 97.2 Å². The average molecular weight is 538 g/mol.